The third-order valence-corrected chi connectivity index (χ3v) is 2.14. The summed E-state index contributed by atoms with van der Waals surface area (Å²) in [7, 11) is 1.60. The van der Waals surface area contributed by atoms with Gasteiger partial charge in [0.1, 0.15) is 12.0 Å². The molecular weight excluding hydrogens is 190 g/mol. The number of carbonyl (C=O) groups is 1. The number of carbonyl (C=O) groups excluding carboxylic acids is 1. The van der Waals surface area contributed by atoms with Gasteiger partial charge in [0.25, 0.3) is 5.91 Å². The Bertz CT molecular complexity index is 334. The topological polar surface area (TPSA) is 54.9 Å². The molecule has 1 heterocycles. The van der Waals surface area contributed by atoms with Crippen molar-refractivity contribution in [3.63, 3.8) is 0 Å². The third kappa shape index (κ3) is 3.01. The Morgan fingerprint density at radius 2 is 2.07 bits per heavy atom. The molecule has 0 radical (unpaired) electrons. The first-order valence-electron chi connectivity index (χ1n) is 5.35. The van der Waals surface area contributed by atoms with Gasteiger partial charge in [-0.2, -0.15) is 0 Å². The van der Waals surface area contributed by atoms with Gasteiger partial charge in [-0.15, -0.1) is 0 Å². The van der Waals surface area contributed by atoms with Gasteiger partial charge in [0.05, 0.1) is 0 Å². The molecule has 0 atom stereocenters. The second-order valence-corrected chi connectivity index (χ2v) is 3.18. The molecule has 1 aliphatic rings. The Kier molecular flexibility index (Phi) is 4.21. The number of rotatable bonds is 2. The van der Waals surface area contributed by atoms with Crippen molar-refractivity contribution in [2.45, 2.75) is 32.6 Å². The lowest BCUT2D eigenvalue weighted by atomic mass is 10.2. The van der Waals surface area contributed by atoms with Gasteiger partial charge in [-0.3, -0.25) is 4.79 Å². The molecular formula is C11H17N3O. The van der Waals surface area contributed by atoms with Crippen LogP contribution in [0.4, 0.5) is 0 Å². The van der Waals surface area contributed by atoms with Gasteiger partial charge in [-0.05, 0) is 18.9 Å². The molecule has 0 aliphatic heterocycles. The first-order chi connectivity index (χ1) is 7.31. The lowest BCUT2D eigenvalue weighted by Crippen LogP contribution is -2.19. The van der Waals surface area contributed by atoms with Crippen molar-refractivity contribution in [3.05, 3.63) is 23.8 Å². The zero-order valence-electron chi connectivity index (χ0n) is 9.45. The van der Waals surface area contributed by atoms with E-state index in [-0.39, 0.29) is 5.91 Å². The zero-order valence-corrected chi connectivity index (χ0v) is 9.45. The fraction of sp³-hybridized carbons (Fsp3) is 0.545. The number of nitrogens with one attached hydrogen (secondary N) is 1. The van der Waals surface area contributed by atoms with E-state index >= 15 is 0 Å². The number of nitrogens with zero attached hydrogens (tertiary/aromatic N) is 2. The van der Waals surface area contributed by atoms with Crippen molar-refractivity contribution in [3.8, 4) is 0 Å². The summed E-state index contributed by atoms with van der Waals surface area (Å²) in [6.07, 6.45) is 3.83. The summed E-state index contributed by atoms with van der Waals surface area (Å²) >= 11 is 0. The molecule has 0 spiro atoms. The third-order valence-electron chi connectivity index (χ3n) is 2.14. The Morgan fingerprint density at radius 3 is 2.60 bits per heavy atom. The fourth-order valence-corrected chi connectivity index (χ4v) is 1.23. The molecule has 4 heteroatoms. The smallest absolute Gasteiger partial charge is 0.269 e. The monoisotopic (exact) mass is 207 g/mol. The molecule has 1 fully saturated rings. The van der Waals surface area contributed by atoms with Crippen molar-refractivity contribution in [1.29, 1.82) is 0 Å². The van der Waals surface area contributed by atoms with Crippen LogP contribution in [0.3, 0.4) is 0 Å². The van der Waals surface area contributed by atoms with E-state index in [1.54, 1.807) is 13.1 Å². The zero-order chi connectivity index (χ0) is 11.3. The van der Waals surface area contributed by atoms with Gasteiger partial charge in [0, 0.05) is 18.7 Å². The molecule has 1 aromatic rings. The SMILES string of the molecule is CC.CNC(=O)c1cc(C2CC2)ncn1. The molecule has 15 heavy (non-hydrogen) atoms. The predicted molar refractivity (Wildman–Crippen MR) is 58.7 cm³/mol. The van der Waals surface area contributed by atoms with E-state index in [0.29, 0.717) is 11.6 Å². The summed E-state index contributed by atoms with van der Waals surface area (Å²) in [5, 5.41) is 2.54. The lowest BCUT2D eigenvalue weighted by Gasteiger charge is -2.00. The second-order valence-electron chi connectivity index (χ2n) is 3.18. The number of hydrogen-bond donors (Lipinski definition) is 1. The highest BCUT2D eigenvalue weighted by Gasteiger charge is 2.25. The van der Waals surface area contributed by atoms with Gasteiger partial charge in [0.15, 0.2) is 0 Å². The van der Waals surface area contributed by atoms with E-state index < -0.39 is 0 Å². The quantitative estimate of drug-likeness (QED) is 0.803. The van der Waals surface area contributed by atoms with Crippen molar-refractivity contribution in [1.82, 2.24) is 15.3 Å². The molecule has 1 saturated carbocycles. The summed E-state index contributed by atoms with van der Waals surface area (Å²) < 4.78 is 0. The van der Waals surface area contributed by atoms with Gasteiger partial charge < -0.3 is 5.32 Å². The van der Waals surface area contributed by atoms with Crippen molar-refractivity contribution < 1.29 is 4.79 Å². The Labute approximate surface area is 90.1 Å². The van der Waals surface area contributed by atoms with Gasteiger partial charge >= 0.3 is 0 Å². The number of aromatic nitrogens is 2. The molecule has 1 aliphatic carbocycles. The average Bonchev–Trinajstić information content (AvgIpc) is 3.15. The van der Waals surface area contributed by atoms with Crippen molar-refractivity contribution in [2.75, 3.05) is 7.05 Å². The van der Waals surface area contributed by atoms with Crippen molar-refractivity contribution >= 4 is 5.91 Å². The average molecular weight is 207 g/mol. The van der Waals surface area contributed by atoms with Gasteiger partial charge in [-0.1, -0.05) is 13.8 Å². The Hall–Kier alpha value is -1.45. The van der Waals surface area contributed by atoms with E-state index in [1.807, 2.05) is 13.8 Å². The highest BCUT2D eigenvalue weighted by molar-refractivity contribution is 5.92. The maximum atomic E-state index is 11.2. The van der Waals surface area contributed by atoms with E-state index in [0.717, 1.165) is 5.69 Å². The molecule has 0 unspecified atom stereocenters. The largest absolute Gasteiger partial charge is 0.354 e. The highest BCUT2D eigenvalue weighted by Crippen LogP contribution is 2.38. The standard InChI is InChI=1S/C9H11N3O.C2H6/c1-10-9(13)8-4-7(6-2-3-6)11-5-12-8;1-2/h4-6H,2-3H2,1H3,(H,10,13);1-2H3. The minimum Gasteiger partial charge on any atom is -0.354 e. The van der Waals surface area contributed by atoms with Gasteiger partial charge in [-0.25, -0.2) is 9.97 Å². The molecule has 1 amide bonds. The first kappa shape index (κ1) is 11.6. The van der Waals surface area contributed by atoms with Crippen LogP contribution in [0.5, 0.6) is 0 Å². The molecule has 4 nitrogen and oxygen atoms in total. The van der Waals surface area contributed by atoms with Crippen LogP contribution in [-0.4, -0.2) is 22.9 Å². The summed E-state index contributed by atoms with van der Waals surface area (Å²) in [5.41, 5.74) is 1.45. The molecule has 82 valence electrons. The van der Waals surface area contributed by atoms with E-state index in [1.165, 1.54) is 19.2 Å². The van der Waals surface area contributed by atoms with Crippen LogP contribution in [0.25, 0.3) is 0 Å². The summed E-state index contributed by atoms with van der Waals surface area (Å²) in [5.74, 6) is 0.413. The number of hydrogen-bond acceptors (Lipinski definition) is 3. The Morgan fingerprint density at radius 1 is 1.40 bits per heavy atom. The molecule has 1 N–H and O–H groups in total. The van der Waals surface area contributed by atoms with Crippen molar-refractivity contribution in [2.24, 2.45) is 0 Å². The van der Waals surface area contributed by atoms with Crippen LogP contribution in [-0.2, 0) is 0 Å². The molecule has 0 bridgehead atoms. The van der Waals surface area contributed by atoms with Gasteiger partial charge in [0.2, 0.25) is 0 Å². The molecule has 0 aromatic carbocycles. The molecule has 2 rings (SSSR count). The van der Waals surface area contributed by atoms with E-state index in [2.05, 4.69) is 15.3 Å². The van der Waals surface area contributed by atoms with Crippen LogP contribution in [0, 0.1) is 0 Å². The molecule has 1 aromatic heterocycles. The minimum atomic E-state index is -0.149. The van der Waals surface area contributed by atoms with Crippen LogP contribution in [0.15, 0.2) is 12.4 Å². The maximum absolute atomic E-state index is 11.2. The predicted octanol–water partition coefficient (Wildman–Crippen LogP) is 1.74. The normalized spacial score (nSPS) is 13.8. The molecule has 0 saturated heterocycles. The van der Waals surface area contributed by atoms with E-state index in [9.17, 15) is 4.79 Å². The van der Waals surface area contributed by atoms with Crippen LogP contribution >= 0.6 is 0 Å². The van der Waals surface area contributed by atoms with Crippen LogP contribution < -0.4 is 5.32 Å². The lowest BCUT2D eigenvalue weighted by molar-refractivity contribution is 0.0958. The highest BCUT2D eigenvalue weighted by atomic mass is 16.1. The second kappa shape index (κ2) is 5.44. The summed E-state index contributed by atoms with van der Waals surface area (Å²) in [6.45, 7) is 4.00. The fourth-order valence-electron chi connectivity index (χ4n) is 1.23. The van der Waals surface area contributed by atoms with Crippen LogP contribution in [0.2, 0.25) is 0 Å². The minimum absolute atomic E-state index is 0.149. The Balaban J connectivity index is 0.000000531. The number of amides is 1. The summed E-state index contributed by atoms with van der Waals surface area (Å²) in [4.78, 5) is 19.2. The maximum Gasteiger partial charge on any atom is 0.269 e. The van der Waals surface area contributed by atoms with E-state index in [4.69, 9.17) is 0 Å². The van der Waals surface area contributed by atoms with Crippen LogP contribution in [0.1, 0.15) is 48.8 Å². The summed E-state index contributed by atoms with van der Waals surface area (Å²) in [6, 6.07) is 1.77. The first-order valence-corrected chi connectivity index (χ1v) is 5.35.